The number of aromatic hydroxyl groups is 1. The van der Waals surface area contributed by atoms with E-state index < -0.39 is 0 Å². The van der Waals surface area contributed by atoms with Crippen LogP contribution in [0.2, 0.25) is 0 Å². The Morgan fingerprint density at radius 1 is 1.23 bits per heavy atom. The first kappa shape index (κ1) is 23.1. The Balaban J connectivity index is 1.51. The molecule has 0 radical (unpaired) electrons. The number of aryl methyl sites for hydroxylation is 1. The van der Waals surface area contributed by atoms with Gasteiger partial charge in [0.2, 0.25) is 0 Å². The summed E-state index contributed by atoms with van der Waals surface area (Å²) >= 11 is 2.07. The summed E-state index contributed by atoms with van der Waals surface area (Å²) in [6.45, 7) is 1.83. The number of benzene rings is 2. The monoisotopic (exact) mass is 582 g/mol. The summed E-state index contributed by atoms with van der Waals surface area (Å²) in [4.78, 5) is 27.8. The van der Waals surface area contributed by atoms with Crippen molar-refractivity contribution in [1.29, 1.82) is 0 Å². The first-order valence-corrected chi connectivity index (χ1v) is 12.1. The van der Waals surface area contributed by atoms with Gasteiger partial charge in [0.05, 0.1) is 39.3 Å². The highest BCUT2D eigenvalue weighted by atomic mass is 127. The van der Waals surface area contributed by atoms with E-state index in [1.807, 2.05) is 42.0 Å². The number of nitrogens with one attached hydrogen (secondary N) is 3. The van der Waals surface area contributed by atoms with Crippen LogP contribution in [0, 0.1) is 10.5 Å². The molecule has 178 valence electrons. The number of imidazole rings is 2. The number of hydrogen-bond donors (Lipinski definition) is 5. The van der Waals surface area contributed by atoms with Crippen molar-refractivity contribution in [2.24, 2.45) is 0 Å². The minimum atomic E-state index is -0.352. The van der Waals surface area contributed by atoms with Gasteiger partial charge in [0, 0.05) is 24.3 Å². The highest BCUT2D eigenvalue weighted by Crippen LogP contribution is 2.28. The second-order valence-electron chi connectivity index (χ2n) is 8.32. The topological polar surface area (TPSA) is 132 Å². The molecule has 1 atom stereocenters. The van der Waals surface area contributed by atoms with E-state index in [0.717, 1.165) is 31.4 Å². The van der Waals surface area contributed by atoms with E-state index in [2.05, 4.69) is 42.9 Å². The largest absolute Gasteiger partial charge is 0.507 e. The smallest absolute Gasteiger partial charge is 0.261 e. The molecule has 5 rings (SSSR count). The molecule has 3 heterocycles. The number of H-pyrrole nitrogens is 2. The Morgan fingerprint density at radius 2 is 2.09 bits per heavy atom. The molecule has 0 fully saturated rings. The predicted molar refractivity (Wildman–Crippen MR) is 143 cm³/mol. The second-order valence-corrected chi connectivity index (χ2v) is 9.49. The van der Waals surface area contributed by atoms with E-state index in [4.69, 9.17) is 4.98 Å². The van der Waals surface area contributed by atoms with E-state index in [-0.39, 0.29) is 24.0 Å². The summed E-state index contributed by atoms with van der Waals surface area (Å²) in [5.74, 6) is 0.655. The van der Waals surface area contributed by atoms with Gasteiger partial charge in [-0.05, 0) is 77.4 Å². The Hall–Kier alpha value is -3.64. The maximum atomic E-state index is 12.9. The molecule has 0 saturated carbocycles. The highest BCUT2D eigenvalue weighted by Gasteiger charge is 2.19. The van der Waals surface area contributed by atoms with Gasteiger partial charge in [-0.15, -0.1) is 0 Å². The van der Waals surface area contributed by atoms with Crippen molar-refractivity contribution < 1.29 is 10.2 Å². The number of halogens is 1. The molecule has 0 saturated heterocycles. The van der Waals surface area contributed by atoms with Gasteiger partial charge in [0.15, 0.2) is 0 Å². The van der Waals surface area contributed by atoms with Crippen molar-refractivity contribution >= 4 is 39.3 Å². The molecule has 0 unspecified atom stereocenters. The quantitative estimate of drug-likeness (QED) is 0.186. The number of aromatic nitrogens is 5. The lowest BCUT2D eigenvalue weighted by molar-refractivity contribution is 0.273. The van der Waals surface area contributed by atoms with Crippen molar-refractivity contribution in [1.82, 2.24) is 24.5 Å². The SMILES string of the molecule is Cc1cc(-n2ccnc2)cc2[nH]c(-c3c(N[C@H](CO)Cc4ccc(O)c(I)c4)cc[nH]c3=O)nc12. The number of aliphatic hydroxyl groups excluding tert-OH is 1. The van der Waals surface area contributed by atoms with E-state index in [9.17, 15) is 15.0 Å². The number of fused-ring (bicyclic) bond motifs is 1. The first-order valence-electron chi connectivity index (χ1n) is 11.0. The van der Waals surface area contributed by atoms with Gasteiger partial charge in [0.25, 0.3) is 5.56 Å². The van der Waals surface area contributed by atoms with Crippen LogP contribution >= 0.6 is 22.6 Å². The Morgan fingerprint density at radius 3 is 2.83 bits per heavy atom. The average Bonchev–Trinajstić information content (AvgIpc) is 3.51. The number of phenols is 1. The third kappa shape index (κ3) is 4.66. The number of pyridine rings is 1. The molecule has 2 aromatic carbocycles. The van der Waals surface area contributed by atoms with Crippen LogP contribution < -0.4 is 10.9 Å². The molecule has 10 heteroatoms. The lowest BCUT2D eigenvalue weighted by atomic mass is 10.1. The Kier molecular flexibility index (Phi) is 6.31. The zero-order valence-electron chi connectivity index (χ0n) is 18.8. The molecule has 3 aromatic heterocycles. The number of aromatic amines is 2. The van der Waals surface area contributed by atoms with Crippen LogP contribution in [-0.4, -0.2) is 47.4 Å². The number of phenolic OH excluding ortho intramolecular Hbond substituents is 1. The van der Waals surface area contributed by atoms with Gasteiger partial charge >= 0.3 is 0 Å². The fraction of sp³-hybridized carbons (Fsp3) is 0.160. The summed E-state index contributed by atoms with van der Waals surface area (Å²) in [7, 11) is 0. The maximum Gasteiger partial charge on any atom is 0.261 e. The first-order chi connectivity index (χ1) is 16.9. The van der Waals surface area contributed by atoms with Crippen molar-refractivity contribution in [3.8, 4) is 22.8 Å². The van der Waals surface area contributed by atoms with Gasteiger partial charge in [-0.3, -0.25) is 4.79 Å². The number of hydrogen-bond acceptors (Lipinski definition) is 6. The summed E-state index contributed by atoms with van der Waals surface area (Å²) in [6, 6.07) is 10.7. The van der Waals surface area contributed by atoms with E-state index >= 15 is 0 Å². The molecule has 0 bridgehead atoms. The summed E-state index contributed by atoms with van der Waals surface area (Å²) in [6.07, 6.45) is 7.39. The summed E-state index contributed by atoms with van der Waals surface area (Å²) in [5.41, 5.74) is 5.07. The number of rotatable bonds is 7. The molecule has 9 nitrogen and oxygen atoms in total. The molecular weight excluding hydrogens is 559 g/mol. The van der Waals surface area contributed by atoms with Crippen LogP contribution in [0.25, 0.3) is 28.1 Å². The lowest BCUT2D eigenvalue weighted by Crippen LogP contribution is -2.28. The highest BCUT2D eigenvalue weighted by molar-refractivity contribution is 14.1. The lowest BCUT2D eigenvalue weighted by Gasteiger charge is -2.19. The molecule has 0 spiro atoms. The summed E-state index contributed by atoms with van der Waals surface area (Å²) in [5, 5.41) is 23.1. The maximum absolute atomic E-state index is 12.9. The van der Waals surface area contributed by atoms with Crippen molar-refractivity contribution in [3.63, 3.8) is 0 Å². The molecule has 5 aromatic rings. The van der Waals surface area contributed by atoms with Gasteiger partial charge in [-0.1, -0.05) is 6.07 Å². The van der Waals surface area contributed by atoms with Gasteiger partial charge < -0.3 is 30.1 Å². The van der Waals surface area contributed by atoms with Gasteiger partial charge in [-0.25, -0.2) is 9.97 Å². The van der Waals surface area contributed by atoms with Crippen LogP contribution in [0.15, 0.2) is 66.1 Å². The van der Waals surface area contributed by atoms with Crippen LogP contribution in [0.4, 0.5) is 5.69 Å². The molecule has 0 aliphatic rings. The van der Waals surface area contributed by atoms with Crippen molar-refractivity contribution in [2.45, 2.75) is 19.4 Å². The molecule has 35 heavy (non-hydrogen) atoms. The predicted octanol–water partition coefficient (Wildman–Crippen LogP) is 3.74. The summed E-state index contributed by atoms with van der Waals surface area (Å²) < 4.78 is 2.65. The molecule has 0 aliphatic carbocycles. The van der Waals surface area contributed by atoms with Crippen LogP contribution in [-0.2, 0) is 6.42 Å². The van der Waals surface area contributed by atoms with E-state index in [0.29, 0.717) is 23.5 Å². The molecule has 0 aliphatic heterocycles. The molecular formula is C25H23IN6O3. The van der Waals surface area contributed by atoms with Crippen LogP contribution in [0.5, 0.6) is 5.75 Å². The molecule has 0 amide bonds. The van der Waals surface area contributed by atoms with Crippen LogP contribution in [0.3, 0.4) is 0 Å². The number of anilines is 1. The van der Waals surface area contributed by atoms with Gasteiger partial charge in [0.1, 0.15) is 17.1 Å². The number of aliphatic hydroxyl groups is 1. The minimum Gasteiger partial charge on any atom is -0.507 e. The Bertz CT molecular complexity index is 1560. The van der Waals surface area contributed by atoms with Crippen LogP contribution in [0.1, 0.15) is 11.1 Å². The van der Waals surface area contributed by atoms with E-state index in [1.54, 1.807) is 30.9 Å². The standard InChI is InChI=1S/C25H23IN6O3/c1-14-8-17(32-7-6-27-13-32)11-20-23(14)31-24(30-20)22-19(4-5-28-25(22)35)29-16(12-33)9-15-2-3-21(34)18(26)10-15/h2-8,10-11,13,16,33-34H,9,12H2,1H3,(H,30,31)(H2,28,29,35)/t16-/m0/s1. The zero-order valence-corrected chi connectivity index (χ0v) is 20.9. The zero-order chi connectivity index (χ0) is 24.5. The van der Waals surface area contributed by atoms with Crippen molar-refractivity contribution in [2.75, 3.05) is 11.9 Å². The fourth-order valence-corrected chi connectivity index (χ4v) is 4.71. The third-order valence-electron chi connectivity index (χ3n) is 5.84. The fourth-order valence-electron chi connectivity index (χ4n) is 4.13. The third-order valence-corrected chi connectivity index (χ3v) is 6.70. The van der Waals surface area contributed by atoms with Gasteiger partial charge in [-0.2, -0.15) is 0 Å². The molecule has 5 N–H and O–H groups in total. The number of nitrogens with zero attached hydrogens (tertiary/aromatic N) is 3. The van der Waals surface area contributed by atoms with E-state index in [1.165, 1.54) is 0 Å². The average molecular weight is 582 g/mol. The van der Waals surface area contributed by atoms with Crippen molar-refractivity contribution in [3.05, 3.63) is 86.4 Å². The second kappa shape index (κ2) is 9.55. The Labute approximate surface area is 214 Å². The minimum absolute atomic E-state index is 0.142. The normalized spacial score (nSPS) is 12.2.